The first-order chi connectivity index (χ1) is 14.6. The van der Waals surface area contributed by atoms with E-state index in [1.165, 1.54) is 0 Å². The van der Waals surface area contributed by atoms with Crippen LogP contribution in [0.4, 0.5) is 5.69 Å². The summed E-state index contributed by atoms with van der Waals surface area (Å²) in [5.41, 5.74) is 2.45. The van der Waals surface area contributed by atoms with Gasteiger partial charge in [-0.15, -0.1) is 5.10 Å². The molecule has 0 bridgehead atoms. The number of nitrogens with one attached hydrogen (secondary N) is 1. The number of aromatic nitrogens is 4. The number of hydrogen-bond acceptors (Lipinski definition) is 5. The third-order valence-corrected chi connectivity index (χ3v) is 5.33. The molecule has 30 heavy (non-hydrogen) atoms. The molecule has 0 saturated carbocycles. The van der Waals surface area contributed by atoms with Crippen LogP contribution in [0.2, 0.25) is 0 Å². The van der Waals surface area contributed by atoms with Crippen molar-refractivity contribution in [3.63, 3.8) is 0 Å². The number of rotatable bonds is 5. The lowest BCUT2D eigenvalue weighted by molar-refractivity contribution is -0.133. The number of nitrogens with zero attached hydrogens (tertiary/aromatic N) is 5. The van der Waals surface area contributed by atoms with Gasteiger partial charge in [0.1, 0.15) is 0 Å². The number of likely N-dealkylation sites (tertiary alicyclic amines) is 1. The molecule has 1 aliphatic rings. The molecule has 1 aliphatic heterocycles. The average Bonchev–Trinajstić information content (AvgIpc) is 3.20. The second-order valence-electron chi connectivity index (χ2n) is 7.52. The number of piperidine rings is 1. The van der Waals surface area contributed by atoms with Gasteiger partial charge in [-0.2, -0.15) is 4.68 Å². The van der Waals surface area contributed by atoms with Gasteiger partial charge in [0.15, 0.2) is 5.82 Å². The van der Waals surface area contributed by atoms with Gasteiger partial charge < -0.3 is 10.2 Å². The van der Waals surface area contributed by atoms with E-state index in [4.69, 9.17) is 0 Å². The van der Waals surface area contributed by atoms with E-state index in [-0.39, 0.29) is 17.7 Å². The first-order valence-corrected chi connectivity index (χ1v) is 10.1. The average molecular weight is 404 g/mol. The number of anilines is 1. The zero-order valence-electron chi connectivity index (χ0n) is 16.9. The zero-order valence-corrected chi connectivity index (χ0v) is 16.9. The molecule has 0 radical (unpaired) electrons. The van der Waals surface area contributed by atoms with Gasteiger partial charge in [-0.3, -0.25) is 9.59 Å². The van der Waals surface area contributed by atoms with Gasteiger partial charge in [0.25, 0.3) is 0 Å². The summed E-state index contributed by atoms with van der Waals surface area (Å²) in [6.07, 6.45) is 1.96. The lowest BCUT2D eigenvalue weighted by Gasteiger charge is -2.32. The Morgan fingerprint density at radius 2 is 1.97 bits per heavy atom. The summed E-state index contributed by atoms with van der Waals surface area (Å²) < 4.78 is 1.61. The highest BCUT2D eigenvalue weighted by molar-refractivity contribution is 5.93. The number of carbonyl (C=O) groups excluding carboxylic acids is 2. The first-order valence-electron chi connectivity index (χ1n) is 10.1. The van der Waals surface area contributed by atoms with E-state index in [9.17, 15) is 9.59 Å². The Morgan fingerprint density at radius 3 is 2.73 bits per heavy atom. The fourth-order valence-electron chi connectivity index (χ4n) is 3.73. The van der Waals surface area contributed by atoms with Crippen molar-refractivity contribution in [2.75, 3.05) is 18.4 Å². The van der Waals surface area contributed by atoms with Crippen LogP contribution >= 0.6 is 0 Å². The molecule has 2 amide bonds. The SMILES string of the molecule is Cc1nnnn1-c1cccc(NC(=O)C2CCCN(C(=O)Cc3ccccc3)C2)c1. The maximum atomic E-state index is 12.9. The number of carbonyl (C=O) groups is 2. The first kappa shape index (κ1) is 19.8. The van der Waals surface area contributed by atoms with Crippen LogP contribution in [0.5, 0.6) is 0 Å². The van der Waals surface area contributed by atoms with Crippen molar-refractivity contribution < 1.29 is 9.59 Å². The van der Waals surface area contributed by atoms with Gasteiger partial charge in [0.05, 0.1) is 18.0 Å². The fourth-order valence-corrected chi connectivity index (χ4v) is 3.73. The molecule has 1 unspecified atom stereocenters. The summed E-state index contributed by atoms with van der Waals surface area (Å²) in [4.78, 5) is 27.3. The minimum absolute atomic E-state index is 0.0647. The molecule has 0 aliphatic carbocycles. The second-order valence-corrected chi connectivity index (χ2v) is 7.52. The number of tetrazole rings is 1. The van der Waals surface area contributed by atoms with Crippen molar-refractivity contribution in [2.45, 2.75) is 26.2 Å². The number of aryl methyl sites for hydroxylation is 1. The normalized spacial score (nSPS) is 16.3. The van der Waals surface area contributed by atoms with E-state index in [0.717, 1.165) is 24.1 Å². The van der Waals surface area contributed by atoms with Gasteiger partial charge in [-0.05, 0) is 54.0 Å². The molecular weight excluding hydrogens is 380 g/mol. The summed E-state index contributed by atoms with van der Waals surface area (Å²) in [5, 5.41) is 14.5. The molecule has 1 atom stereocenters. The van der Waals surface area contributed by atoms with Crippen LogP contribution in [0, 0.1) is 12.8 Å². The van der Waals surface area contributed by atoms with Crippen LogP contribution in [0.1, 0.15) is 24.2 Å². The Morgan fingerprint density at radius 1 is 1.13 bits per heavy atom. The van der Waals surface area contributed by atoms with E-state index in [2.05, 4.69) is 20.8 Å². The van der Waals surface area contributed by atoms with Crippen molar-refractivity contribution in [1.29, 1.82) is 0 Å². The van der Waals surface area contributed by atoms with E-state index in [1.54, 1.807) is 4.68 Å². The van der Waals surface area contributed by atoms with Crippen LogP contribution in [0.3, 0.4) is 0 Å². The summed E-state index contributed by atoms with van der Waals surface area (Å²) in [6, 6.07) is 17.1. The minimum atomic E-state index is -0.225. The molecule has 4 rings (SSSR count). The van der Waals surface area contributed by atoms with Crippen molar-refractivity contribution in [1.82, 2.24) is 25.1 Å². The lowest BCUT2D eigenvalue weighted by Crippen LogP contribution is -2.44. The largest absolute Gasteiger partial charge is 0.342 e. The van der Waals surface area contributed by atoms with Crippen LogP contribution in [0.15, 0.2) is 54.6 Å². The summed E-state index contributed by atoms with van der Waals surface area (Å²) >= 11 is 0. The maximum absolute atomic E-state index is 12.9. The summed E-state index contributed by atoms with van der Waals surface area (Å²) in [7, 11) is 0. The molecule has 0 spiro atoms. The molecule has 8 heteroatoms. The monoisotopic (exact) mass is 404 g/mol. The summed E-state index contributed by atoms with van der Waals surface area (Å²) in [5.74, 6) is 0.433. The molecule has 1 N–H and O–H groups in total. The minimum Gasteiger partial charge on any atom is -0.342 e. The maximum Gasteiger partial charge on any atom is 0.229 e. The van der Waals surface area contributed by atoms with Crippen molar-refractivity contribution >= 4 is 17.5 Å². The Labute approximate surface area is 174 Å². The van der Waals surface area contributed by atoms with Gasteiger partial charge >= 0.3 is 0 Å². The Kier molecular flexibility index (Phi) is 5.83. The highest BCUT2D eigenvalue weighted by Crippen LogP contribution is 2.21. The lowest BCUT2D eigenvalue weighted by atomic mass is 9.96. The van der Waals surface area contributed by atoms with E-state index >= 15 is 0 Å². The second kappa shape index (κ2) is 8.86. The molecule has 3 aromatic rings. The predicted molar refractivity (Wildman–Crippen MR) is 112 cm³/mol. The molecule has 2 aromatic carbocycles. The highest BCUT2D eigenvalue weighted by Gasteiger charge is 2.28. The smallest absolute Gasteiger partial charge is 0.229 e. The topological polar surface area (TPSA) is 93.0 Å². The highest BCUT2D eigenvalue weighted by atomic mass is 16.2. The number of hydrogen-bond donors (Lipinski definition) is 1. The number of benzene rings is 2. The third-order valence-electron chi connectivity index (χ3n) is 5.33. The van der Waals surface area contributed by atoms with Gasteiger partial charge in [0, 0.05) is 18.8 Å². The van der Waals surface area contributed by atoms with Gasteiger partial charge in [-0.1, -0.05) is 36.4 Å². The van der Waals surface area contributed by atoms with Crippen molar-refractivity contribution in [3.8, 4) is 5.69 Å². The number of amides is 2. The zero-order chi connectivity index (χ0) is 20.9. The molecule has 154 valence electrons. The molecular formula is C22H24N6O2. The quantitative estimate of drug-likeness (QED) is 0.705. The van der Waals surface area contributed by atoms with Crippen LogP contribution < -0.4 is 5.32 Å². The molecule has 1 saturated heterocycles. The van der Waals surface area contributed by atoms with E-state index in [0.29, 0.717) is 31.0 Å². The van der Waals surface area contributed by atoms with E-state index in [1.807, 2.05) is 66.4 Å². The third kappa shape index (κ3) is 4.53. The Balaban J connectivity index is 1.39. The molecule has 8 nitrogen and oxygen atoms in total. The molecule has 1 aromatic heterocycles. The fraction of sp³-hybridized carbons (Fsp3) is 0.318. The van der Waals surface area contributed by atoms with E-state index < -0.39 is 0 Å². The van der Waals surface area contributed by atoms with Crippen molar-refractivity contribution in [2.24, 2.45) is 5.92 Å². The van der Waals surface area contributed by atoms with Gasteiger partial charge in [-0.25, -0.2) is 0 Å². The van der Waals surface area contributed by atoms with Crippen LogP contribution in [-0.2, 0) is 16.0 Å². The van der Waals surface area contributed by atoms with Crippen molar-refractivity contribution in [3.05, 3.63) is 66.0 Å². The Bertz CT molecular complexity index is 1030. The predicted octanol–water partition coefficient (Wildman–Crippen LogP) is 2.39. The standard InChI is InChI=1S/C22H24N6O2/c1-16-24-25-26-28(16)20-11-5-10-19(14-20)23-22(30)18-9-6-12-27(15-18)21(29)13-17-7-3-2-4-8-17/h2-5,7-8,10-11,14,18H,6,9,12-13,15H2,1H3,(H,23,30). The molecule has 2 heterocycles. The van der Waals surface area contributed by atoms with Crippen LogP contribution in [-0.4, -0.2) is 50.0 Å². The van der Waals surface area contributed by atoms with Gasteiger partial charge in [0.2, 0.25) is 11.8 Å². The van der Waals surface area contributed by atoms with Crippen LogP contribution in [0.25, 0.3) is 5.69 Å². The molecule has 1 fully saturated rings. The summed E-state index contributed by atoms with van der Waals surface area (Å²) in [6.45, 7) is 2.96. The Hall–Kier alpha value is -3.55.